The number of pyridine rings is 1. The van der Waals surface area contributed by atoms with Gasteiger partial charge in [-0.3, -0.25) is 4.98 Å². The van der Waals surface area contributed by atoms with Crippen molar-refractivity contribution in [1.29, 1.82) is 0 Å². The summed E-state index contributed by atoms with van der Waals surface area (Å²) in [6.45, 7) is 1.78. The maximum Gasteiger partial charge on any atom is 0.0697 e. The Labute approximate surface area is 64.5 Å². The van der Waals surface area contributed by atoms with Gasteiger partial charge in [0.2, 0.25) is 0 Å². The van der Waals surface area contributed by atoms with E-state index in [2.05, 4.69) is 4.98 Å². The molecule has 2 nitrogen and oxygen atoms in total. The highest BCUT2D eigenvalue weighted by molar-refractivity contribution is 6.31. The minimum Gasteiger partial charge on any atom is -0.392 e. The molecule has 0 spiro atoms. The number of aliphatic hydroxyl groups is 1. The second-order valence-electron chi connectivity index (χ2n) is 2.03. The third-order valence-corrected chi connectivity index (χ3v) is 1.83. The molecule has 0 aliphatic rings. The first-order valence-corrected chi connectivity index (χ1v) is 3.34. The van der Waals surface area contributed by atoms with Crippen LogP contribution in [-0.2, 0) is 6.61 Å². The lowest BCUT2D eigenvalue weighted by molar-refractivity contribution is 0.281. The minimum atomic E-state index is -0.0256. The average Bonchev–Trinajstić information content (AvgIpc) is 1.95. The molecule has 0 aliphatic carbocycles. The van der Waals surface area contributed by atoms with Gasteiger partial charge in [-0.05, 0) is 18.6 Å². The van der Waals surface area contributed by atoms with Crippen LogP contribution in [0.4, 0.5) is 0 Å². The molecule has 10 heavy (non-hydrogen) atoms. The SMILES string of the molecule is Cc1nccc(CO)c1Cl. The Balaban J connectivity index is 3.14. The van der Waals surface area contributed by atoms with E-state index >= 15 is 0 Å². The molecule has 0 aromatic carbocycles. The monoisotopic (exact) mass is 157 g/mol. The van der Waals surface area contributed by atoms with Crippen LogP contribution in [0.3, 0.4) is 0 Å². The van der Waals surface area contributed by atoms with Gasteiger partial charge in [0.15, 0.2) is 0 Å². The number of rotatable bonds is 1. The zero-order valence-electron chi connectivity index (χ0n) is 5.63. The molecule has 0 aliphatic heterocycles. The Hall–Kier alpha value is -0.600. The summed E-state index contributed by atoms with van der Waals surface area (Å²) in [5.41, 5.74) is 1.49. The first-order chi connectivity index (χ1) is 4.75. The maximum atomic E-state index is 8.73. The fourth-order valence-corrected chi connectivity index (χ4v) is 0.895. The molecular formula is C7H8ClNO. The van der Waals surface area contributed by atoms with Crippen LogP contribution in [0.15, 0.2) is 12.3 Å². The molecule has 54 valence electrons. The smallest absolute Gasteiger partial charge is 0.0697 e. The Kier molecular flexibility index (Phi) is 2.25. The van der Waals surface area contributed by atoms with Gasteiger partial charge in [-0.25, -0.2) is 0 Å². The van der Waals surface area contributed by atoms with Crippen molar-refractivity contribution < 1.29 is 5.11 Å². The van der Waals surface area contributed by atoms with Gasteiger partial charge < -0.3 is 5.11 Å². The highest BCUT2D eigenvalue weighted by atomic mass is 35.5. The van der Waals surface area contributed by atoms with Crippen molar-refractivity contribution in [1.82, 2.24) is 4.98 Å². The summed E-state index contributed by atoms with van der Waals surface area (Å²) in [6.07, 6.45) is 1.63. The van der Waals surface area contributed by atoms with Crippen molar-refractivity contribution >= 4 is 11.6 Å². The molecule has 0 atom stereocenters. The van der Waals surface area contributed by atoms with Crippen molar-refractivity contribution in [2.75, 3.05) is 0 Å². The van der Waals surface area contributed by atoms with Crippen LogP contribution in [0.5, 0.6) is 0 Å². The van der Waals surface area contributed by atoms with E-state index in [1.807, 2.05) is 6.92 Å². The van der Waals surface area contributed by atoms with Crippen molar-refractivity contribution in [2.24, 2.45) is 0 Å². The Morgan fingerprint density at radius 1 is 1.70 bits per heavy atom. The van der Waals surface area contributed by atoms with Crippen LogP contribution >= 0.6 is 11.6 Å². The van der Waals surface area contributed by atoms with Crippen LogP contribution < -0.4 is 0 Å². The van der Waals surface area contributed by atoms with Gasteiger partial charge in [0.25, 0.3) is 0 Å². The molecule has 0 unspecified atom stereocenters. The van der Waals surface area contributed by atoms with Crippen molar-refractivity contribution in [3.63, 3.8) is 0 Å². The van der Waals surface area contributed by atoms with Crippen molar-refractivity contribution in [3.05, 3.63) is 28.5 Å². The third-order valence-electron chi connectivity index (χ3n) is 1.31. The van der Waals surface area contributed by atoms with Crippen LogP contribution in [0.25, 0.3) is 0 Å². The highest BCUT2D eigenvalue weighted by Crippen LogP contribution is 2.17. The molecule has 0 saturated heterocycles. The molecule has 0 bridgehead atoms. The average molecular weight is 158 g/mol. The Morgan fingerprint density at radius 2 is 2.40 bits per heavy atom. The van der Waals surface area contributed by atoms with Gasteiger partial charge in [0.05, 0.1) is 17.3 Å². The molecule has 1 aromatic rings. The number of aromatic nitrogens is 1. The van der Waals surface area contributed by atoms with Crippen LogP contribution in [-0.4, -0.2) is 10.1 Å². The number of hydrogen-bond acceptors (Lipinski definition) is 2. The van der Waals surface area contributed by atoms with E-state index < -0.39 is 0 Å². The number of aryl methyl sites for hydroxylation is 1. The molecule has 1 aromatic heterocycles. The van der Waals surface area contributed by atoms with E-state index in [0.29, 0.717) is 5.02 Å². The normalized spacial score (nSPS) is 9.90. The molecule has 1 N–H and O–H groups in total. The van der Waals surface area contributed by atoms with Crippen LogP contribution in [0.1, 0.15) is 11.3 Å². The molecule has 1 rings (SSSR count). The first kappa shape index (κ1) is 7.51. The van der Waals surface area contributed by atoms with Crippen molar-refractivity contribution in [2.45, 2.75) is 13.5 Å². The molecule has 0 saturated carbocycles. The summed E-state index contributed by atoms with van der Waals surface area (Å²) in [4.78, 5) is 3.94. The molecule has 3 heteroatoms. The minimum absolute atomic E-state index is 0.0256. The highest BCUT2D eigenvalue weighted by Gasteiger charge is 2.00. The first-order valence-electron chi connectivity index (χ1n) is 2.96. The summed E-state index contributed by atoms with van der Waals surface area (Å²) in [5, 5.41) is 9.29. The number of halogens is 1. The number of nitrogens with zero attached hydrogens (tertiary/aromatic N) is 1. The van der Waals surface area contributed by atoms with E-state index in [-0.39, 0.29) is 6.61 Å². The second-order valence-corrected chi connectivity index (χ2v) is 2.41. The van der Waals surface area contributed by atoms with Crippen LogP contribution in [0.2, 0.25) is 5.02 Å². The summed E-state index contributed by atoms with van der Waals surface area (Å²) in [5.74, 6) is 0. The Morgan fingerprint density at radius 3 is 2.90 bits per heavy atom. The standard InChI is InChI=1S/C7H8ClNO/c1-5-7(8)6(4-10)2-3-9-5/h2-3,10H,4H2,1H3. The lowest BCUT2D eigenvalue weighted by Crippen LogP contribution is -1.89. The van der Waals surface area contributed by atoms with E-state index in [1.54, 1.807) is 12.3 Å². The predicted octanol–water partition coefficient (Wildman–Crippen LogP) is 1.54. The zero-order chi connectivity index (χ0) is 7.56. The van der Waals surface area contributed by atoms with Crippen LogP contribution in [0, 0.1) is 6.92 Å². The second kappa shape index (κ2) is 2.99. The van der Waals surface area contributed by atoms with Gasteiger partial charge in [-0.15, -0.1) is 0 Å². The summed E-state index contributed by atoms with van der Waals surface area (Å²) >= 11 is 5.77. The lowest BCUT2D eigenvalue weighted by atomic mass is 10.2. The summed E-state index contributed by atoms with van der Waals surface area (Å²) in [6, 6.07) is 1.70. The fourth-order valence-electron chi connectivity index (χ4n) is 0.723. The molecule has 0 amide bonds. The molecule has 0 radical (unpaired) electrons. The lowest BCUT2D eigenvalue weighted by Gasteiger charge is -2.00. The maximum absolute atomic E-state index is 8.73. The largest absolute Gasteiger partial charge is 0.392 e. The zero-order valence-corrected chi connectivity index (χ0v) is 6.39. The number of aliphatic hydroxyl groups excluding tert-OH is 1. The van der Waals surface area contributed by atoms with Gasteiger partial charge in [-0.1, -0.05) is 11.6 Å². The number of hydrogen-bond donors (Lipinski definition) is 1. The van der Waals surface area contributed by atoms with Crippen molar-refractivity contribution in [3.8, 4) is 0 Å². The van der Waals surface area contributed by atoms with E-state index in [9.17, 15) is 0 Å². The summed E-state index contributed by atoms with van der Waals surface area (Å²) in [7, 11) is 0. The summed E-state index contributed by atoms with van der Waals surface area (Å²) < 4.78 is 0. The molecule has 1 heterocycles. The fraction of sp³-hybridized carbons (Fsp3) is 0.286. The van der Waals surface area contributed by atoms with Gasteiger partial charge >= 0.3 is 0 Å². The van der Waals surface area contributed by atoms with E-state index in [1.165, 1.54) is 0 Å². The quantitative estimate of drug-likeness (QED) is 0.671. The molecular weight excluding hydrogens is 150 g/mol. The predicted molar refractivity (Wildman–Crippen MR) is 39.9 cm³/mol. The van der Waals surface area contributed by atoms with Gasteiger partial charge in [0, 0.05) is 6.20 Å². The van der Waals surface area contributed by atoms with E-state index in [4.69, 9.17) is 16.7 Å². The topological polar surface area (TPSA) is 33.1 Å². The van der Waals surface area contributed by atoms with Gasteiger partial charge in [0.1, 0.15) is 0 Å². The van der Waals surface area contributed by atoms with E-state index in [0.717, 1.165) is 11.3 Å². The Bertz CT molecular complexity index is 237. The third kappa shape index (κ3) is 1.28. The molecule has 0 fully saturated rings. The van der Waals surface area contributed by atoms with Gasteiger partial charge in [-0.2, -0.15) is 0 Å².